The molecule has 0 rings (SSSR count). The van der Waals surface area contributed by atoms with E-state index in [-0.39, 0.29) is 32.2 Å². The second kappa shape index (κ2) is 7.63. The molecule has 7 nitrogen and oxygen atoms in total. The second-order valence-corrected chi connectivity index (χ2v) is 3.28. The summed E-state index contributed by atoms with van der Waals surface area (Å²) in [4.78, 5) is 32.0. The zero-order valence-corrected chi connectivity index (χ0v) is 8.81. The number of carbonyl (C=O) groups is 3. The quantitative estimate of drug-likeness (QED) is 0.431. The van der Waals surface area contributed by atoms with Crippen LogP contribution in [0.5, 0.6) is 0 Å². The first-order valence-electron chi connectivity index (χ1n) is 4.91. The first-order chi connectivity index (χ1) is 7.47. The van der Waals surface area contributed by atoms with Gasteiger partial charge in [-0.15, -0.1) is 0 Å². The fourth-order valence-electron chi connectivity index (χ4n) is 1.11. The highest BCUT2D eigenvalue weighted by molar-refractivity contribution is 5.83. The maximum Gasteiger partial charge on any atom is 0.326 e. The van der Waals surface area contributed by atoms with Crippen molar-refractivity contribution < 1.29 is 24.6 Å². The summed E-state index contributed by atoms with van der Waals surface area (Å²) in [6.07, 6.45) is 0.242. The summed E-state index contributed by atoms with van der Waals surface area (Å²) in [6, 6.07) is -1.04. The van der Waals surface area contributed by atoms with Crippen LogP contribution in [-0.2, 0) is 14.4 Å². The smallest absolute Gasteiger partial charge is 0.326 e. The lowest BCUT2D eigenvalue weighted by atomic mass is 10.1. The van der Waals surface area contributed by atoms with Crippen molar-refractivity contribution in [3.8, 4) is 0 Å². The van der Waals surface area contributed by atoms with Crippen LogP contribution >= 0.6 is 0 Å². The van der Waals surface area contributed by atoms with Crippen molar-refractivity contribution in [3.63, 3.8) is 0 Å². The summed E-state index contributed by atoms with van der Waals surface area (Å²) in [7, 11) is 0. The van der Waals surface area contributed by atoms with Crippen molar-refractivity contribution in [1.29, 1.82) is 0 Å². The van der Waals surface area contributed by atoms with E-state index in [0.717, 1.165) is 0 Å². The normalized spacial score (nSPS) is 11.8. The van der Waals surface area contributed by atoms with Gasteiger partial charge in [0.2, 0.25) is 5.91 Å². The van der Waals surface area contributed by atoms with Crippen LogP contribution in [0.25, 0.3) is 0 Å². The molecule has 0 aromatic rings. The zero-order valence-electron chi connectivity index (χ0n) is 8.81. The molecular weight excluding hydrogens is 216 g/mol. The molecule has 1 amide bonds. The molecule has 0 unspecified atom stereocenters. The molecule has 0 radical (unpaired) electrons. The van der Waals surface area contributed by atoms with Crippen LogP contribution in [0.15, 0.2) is 0 Å². The molecule has 1 atom stereocenters. The Morgan fingerprint density at radius 2 is 1.81 bits per heavy atom. The maximum absolute atomic E-state index is 11.1. The molecule has 0 aromatic heterocycles. The lowest BCUT2D eigenvalue weighted by Gasteiger charge is -2.13. The number of hydrogen-bond donors (Lipinski definition) is 4. The van der Waals surface area contributed by atoms with Gasteiger partial charge in [0.1, 0.15) is 6.04 Å². The average Bonchev–Trinajstić information content (AvgIpc) is 2.15. The minimum absolute atomic E-state index is 0.0582. The van der Waals surface area contributed by atoms with E-state index in [4.69, 9.17) is 15.9 Å². The van der Waals surface area contributed by atoms with E-state index < -0.39 is 23.9 Å². The summed E-state index contributed by atoms with van der Waals surface area (Å²) >= 11 is 0. The third-order valence-corrected chi connectivity index (χ3v) is 1.89. The lowest BCUT2D eigenvalue weighted by Crippen LogP contribution is -2.41. The molecule has 0 spiro atoms. The van der Waals surface area contributed by atoms with E-state index in [2.05, 4.69) is 5.32 Å². The maximum atomic E-state index is 11.1. The SMILES string of the molecule is NCCC(=O)N[C@H](CCCC(=O)O)C(=O)O. The summed E-state index contributed by atoms with van der Waals surface area (Å²) in [5.41, 5.74) is 5.14. The van der Waals surface area contributed by atoms with Gasteiger partial charge < -0.3 is 21.3 Å². The number of hydrogen-bond acceptors (Lipinski definition) is 4. The van der Waals surface area contributed by atoms with Gasteiger partial charge in [-0.3, -0.25) is 9.59 Å². The van der Waals surface area contributed by atoms with Gasteiger partial charge in [-0.2, -0.15) is 0 Å². The van der Waals surface area contributed by atoms with Crippen molar-refractivity contribution >= 4 is 17.8 Å². The number of nitrogens with one attached hydrogen (secondary N) is 1. The Bertz CT molecular complexity index is 267. The molecule has 7 heteroatoms. The third kappa shape index (κ3) is 6.77. The largest absolute Gasteiger partial charge is 0.481 e. The van der Waals surface area contributed by atoms with Crippen LogP contribution in [0, 0.1) is 0 Å². The number of nitrogens with two attached hydrogens (primary N) is 1. The predicted molar refractivity (Wildman–Crippen MR) is 54.7 cm³/mol. The minimum Gasteiger partial charge on any atom is -0.481 e. The zero-order chi connectivity index (χ0) is 12.6. The number of carboxylic acids is 2. The van der Waals surface area contributed by atoms with Crippen molar-refractivity contribution in [2.75, 3.05) is 6.54 Å². The van der Waals surface area contributed by atoms with Crippen LogP contribution in [0.3, 0.4) is 0 Å². The first kappa shape index (κ1) is 14.4. The molecule has 5 N–H and O–H groups in total. The second-order valence-electron chi connectivity index (χ2n) is 3.28. The average molecular weight is 232 g/mol. The third-order valence-electron chi connectivity index (χ3n) is 1.89. The van der Waals surface area contributed by atoms with Gasteiger partial charge in [0, 0.05) is 19.4 Å². The summed E-state index contributed by atoms with van der Waals surface area (Å²) in [5.74, 6) is -2.60. The van der Waals surface area contributed by atoms with Gasteiger partial charge in [0.05, 0.1) is 0 Å². The topological polar surface area (TPSA) is 130 Å². The van der Waals surface area contributed by atoms with Crippen molar-refractivity contribution in [2.24, 2.45) is 5.73 Å². The van der Waals surface area contributed by atoms with Crippen LogP contribution < -0.4 is 11.1 Å². The van der Waals surface area contributed by atoms with Gasteiger partial charge in [-0.1, -0.05) is 0 Å². The molecule has 0 aromatic carbocycles. The Morgan fingerprint density at radius 3 is 2.25 bits per heavy atom. The number of aliphatic carboxylic acids is 2. The molecule has 0 aliphatic rings. The fourth-order valence-corrected chi connectivity index (χ4v) is 1.11. The number of carbonyl (C=O) groups excluding carboxylic acids is 1. The Morgan fingerprint density at radius 1 is 1.19 bits per heavy atom. The molecule has 16 heavy (non-hydrogen) atoms. The molecule has 0 heterocycles. The van der Waals surface area contributed by atoms with Crippen LogP contribution in [-0.4, -0.2) is 40.6 Å². The Balaban J connectivity index is 4.02. The van der Waals surface area contributed by atoms with Gasteiger partial charge in [0.25, 0.3) is 0 Å². The van der Waals surface area contributed by atoms with E-state index in [1.807, 2.05) is 0 Å². The number of rotatable bonds is 8. The molecule has 0 saturated carbocycles. The number of carboxylic acid groups (broad SMARTS) is 2. The highest BCUT2D eigenvalue weighted by Gasteiger charge is 2.19. The van der Waals surface area contributed by atoms with Crippen LogP contribution in [0.2, 0.25) is 0 Å². The van der Waals surface area contributed by atoms with Gasteiger partial charge >= 0.3 is 11.9 Å². The van der Waals surface area contributed by atoms with E-state index >= 15 is 0 Å². The number of amides is 1. The van der Waals surface area contributed by atoms with Crippen molar-refractivity contribution in [3.05, 3.63) is 0 Å². The monoisotopic (exact) mass is 232 g/mol. The minimum atomic E-state index is -1.17. The van der Waals surface area contributed by atoms with E-state index in [0.29, 0.717) is 0 Å². The Hall–Kier alpha value is -1.63. The van der Waals surface area contributed by atoms with Crippen LogP contribution in [0.4, 0.5) is 0 Å². The molecular formula is C9H16N2O5. The fraction of sp³-hybridized carbons (Fsp3) is 0.667. The van der Waals surface area contributed by atoms with Crippen molar-refractivity contribution in [2.45, 2.75) is 31.7 Å². The molecule has 0 bridgehead atoms. The Labute approximate surface area is 92.6 Å². The highest BCUT2D eigenvalue weighted by atomic mass is 16.4. The summed E-state index contributed by atoms with van der Waals surface area (Å²) in [5, 5.41) is 19.4. The molecule has 0 saturated heterocycles. The summed E-state index contributed by atoms with van der Waals surface area (Å²) in [6.45, 7) is 0.146. The van der Waals surface area contributed by atoms with Crippen LogP contribution in [0.1, 0.15) is 25.7 Å². The molecule has 0 aliphatic carbocycles. The molecule has 92 valence electrons. The first-order valence-corrected chi connectivity index (χ1v) is 4.91. The van der Waals surface area contributed by atoms with Gasteiger partial charge in [0.15, 0.2) is 0 Å². The predicted octanol–water partition coefficient (Wildman–Crippen LogP) is -0.840. The van der Waals surface area contributed by atoms with E-state index in [9.17, 15) is 14.4 Å². The molecule has 0 fully saturated rings. The van der Waals surface area contributed by atoms with E-state index in [1.54, 1.807) is 0 Å². The summed E-state index contributed by atoms with van der Waals surface area (Å²) < 4.78 is 0. The molecule has 0 aliphatic heterocycles. The van der Waals surface area contributed by atoms with E-state index in [1.165, 1.54) is 0 Å². The van der Waals surface area contributed by atoms with Gasteiger partial charge in [-0.05, 0) is 12.8 Å². The van der Waals surface area contributed by atoms with Crippen molar-refractivity contribution in [1.82, 2.24) is 5.32 Å². The lowest BCUT2D eigenvalue weighted by molar-refractivity contribution is -0.142. The van der Waals surface area contributed by atoms with Gasteiger partial charge in [-0.25, -0.2) is 4.79 Å². The standard InChI is InChI=1S/C9H16N2O5/c10-5-4-7(12)11-6(9(15)16)2-1-3-8(13)14/h6H,1-5,10H2,(H,11,12)(H,13,14)(H,15,16)/t6-/m1/s1. The highest BCUT2D eigenvalue weighted by Crippen LogP contribution is 2.02. The Kier molecular flexibility index (Phi) is 6.86.